The minimum absolute atomic E-state index is 0.370. The Labute approximate surface area is 102 Å². The van der Waals surface area contributed by atoms with E-state index in [2.05, 4.69) is 10.2 Å². The van der Waals surface area contributed by atoms with E-state index in [9.17, 15) is 4.39 Å². The van der Waals surface area contributed by atoms with E-state index >= 15 is 0 Å². The third-order valence-corrected chi connectivity index (χ3v) is 3.42. The van der Waals surface area contributed by atoms with Gasteiger partial charge in [-0.15, -0.1) is 10.2 Å². The molecule has 1 aromatic heterocycles. The van der Waals surface area contributed by atoms with Crippen molar-refractivity contribution >= 4 is 45.5 Å². The molecule has 2 aromatic rings. The Kier molecular flexibility index (Phi) is 2.99. The van der Waals surface area contributed by atoms with Crippen LogP contribution in [0.1, 0.15) is 0 Å². The van der Waals surface area contributed by atoms with Crippen LogP contribution in [-0.2, 0) is 0 Å². The number of aromatic nitrogens is 2. The van der Waals surface area contributed by atoms with E-state index in [4.69, 9.17) is 11.6 Å². The molecule has 2 nitrogen and oxygen atoms in total. The van der Waals surface area contributed by atoms with Crippen molar-refractivity contribution in [1.29, 1.82) is 0 Å². The predicted octanol–water partition coefficient (Wildman–Crippen LogP) is 3.60. The van der Waals surface area contributed by atoms with Crippen molar-refractivity contribution in [2.24, 2.45) is 0 Å². The number of halogens is 3. The monoisotopic (exact) mass is 340 g/mol. The van der Waals surface area contributed by atoms with Crippen molar-refractivity contribution in [2.45, 2.75) is 0 Å². The number of benzene rings is 1. The maximum atomic E-state index is 13.4. The lowest BCUT2D eigenvalue weighted by Crippen LogP contribution is -1.83. The number of nitrogens with zero attached hydrogens (tertiary/aromatic N) is 2. The van der Waals surface area contributed by atoms with Crippen molar-refractivity contribution in [2.75, 3.05) is 0 Å². The Hall–Kier alpha value is -0.270. The van der Waals surface area contributed by atoms with Gasteiger partial charge in [-0.25, -0.2) is 4.39 Å². The highest BCUT2D eigenvalue weighted by Crippen LogP contribution is 2.28. The molecule has 0 amide bonds. The van der Waals surface area contributed by atoms with E-state index in [-0.39, 0.29) is 5.82 Å². The average molecular weight is 341 g/mol. The molecule has 0 spiro atoms. The Bertz CT molecular complexity index is 474. The molecule has 0 unspecified atom stereocenters. The van der Waals surface area contributed by atoms with Gasteiger partial charge in [0, 0.05) is 10.6 Å². The fraction of sp³-hybridized carbons (Fsp3) is 0. The van der Waals surface area contributed by atoms with Crippen molar-refractivity contribution in [3.63, 3.8) is 0 Å². The lowest BCUT2D eigenvalue weighted by Gasteiger charge is -1.97. The maximum absolute atomic E-state index is 13.4. The zero-order valence-corrected chi connectivity index (χ0v) is 10.4. The molecule has 2 rings (SSSR count). The summed E-state index contributed by atoms with van der Waals surface area (Å²) in [6.07, 6.45) is 0. The van der Waals surface area contributed by atoms with Gasteiger partial charge in [-0.1, -0.05) is 22.9 Å². The van der Waals surface area contributed by atoms with Crippen LogP contribution in [0.5, 0.6) is 0 Å². The SMILES string of the molecule is Fc1cc(Cl)ccc1-c1nnc(I)s1. The van der Waals surface area contributed by atoms with Gasteiger partial charge in [0.05, 0.1) is 0 Å². The van der Waals surface area contributed by atoms with Gasteiger partial charge in [0.25, 0.3) is 0 Å². The van der Waals surface area contributed by atoms with Crippen molar-refractivity contribution in [1.82, 2.24) is 10.2 Å². The van der Waals surface area contributed by atoms with E-state index in [0.29, 0.717) is 15.6 Å². The number of rotatable bonds is 1. The highest BCUT2D eigenvalue weighted by molar-refractivity contribution is 14.1. The van der Waals surface area contributed by atoms with Crippen molar-refractivity contribution in [3.8, 4) is 10.6 Å². The van der Waals surface area contributed by atoms with Crippen LogP contribution in [-0.4, -0.2) is 10.2 Å². The highest BCUT2D eigenvalue weighted by atomic mass is 127. The molecular weight excluding hydrogens is 338 g/mol. The van der Waals surface area contributed by atoms with Crippen LogP contribution in [0.25, 0.3) is 10.6 Å². The Morgan fingerprint density at radius 2 is 2.14 bits per heavy atom. The molecule has 0 atom stereocenters. The van der Waals surface area contributed by atoms with Crippen LogP contribution >= 0.6 is 45.5 Å². The molecule has 0 fully saturated rings. The summed E-state index contributed by atoms with van der Waals surface area (Å²) < 4.78 is 14.2. The summed E-state index contributed by atoms with van der Waals surface area (Å²) in [6.45, 7) is 0. The summed E-state index contributed by atoms with van der Waals surface area (Å²) in [5.74, 6) is -0.370. The molecule has 0 radical (unpaired) electrons. The molecular formula is C8H3ClFIN2S. The minimum atomic E-state index is -0.370. The lowest BCUT2D eigenvalue weighted by molar-refractivity contribution is 0.631. The zero-order chi connectivity index (χ0) is 10.1. The Balaban J connectivity index is 2.52. The Morgan fingerprint density at radius 1 is 1.36 bits per heavy atom. The van der Waals surface area contributed by atoms with E-state index in [0.717, 1.165) is 3.01 Å². The Morgan fingerprint density at radius 3 is 2.71 bits per heavy atom. The normalized spacial score (nSPS) is 10.5. The van der Waals surface area contributed by atoms with E-state index in [1.807, 2.05) is 22.6 Å². The first-order valence-corrected chi connectivity index (χ1v) is 5.88. The van der Waals surface area contributed by atoms with Gasteiger partial charge >= 0.3 is 0 Å². The quantitative estimate of drug-likeness (QED) is 0.741. The van der Waals surface area contributed by atoms with Gasteiger partial charge in [-0.05, 0) is 40.8 Å². The van der Waals surface area contributed by atoms with Crippen molar-refractivity contribution < 1.29 is 4.39 Å². The summed E-state index contributed by atoms with van der Waals surface area (Å²) in [5.41, 5.74) is 0.440. The summed E-state index contributed by atoms with van der Waals surface area (Å²) in [4.78, 5) is 0. The van der Waals surface area contributed by atoms with Gasteiger partial charge in [0.15, 0.2) is 8.02 Å². The summed E-state index contributed by atoms with van der Waals surface area (Å²) >= 11 is 9.02. The molecule has 0 aliphatic heterocycles. The standard InChI is InChI=1S/C8H3ClFIN2S/c9-4-1-2-5(6(10)3-4)7-12-13-8(11)14-7/h1-3H. The topological polar surface area (TPSA) is 25.8 Å². The molecule has 0 aliphatic rings. The molecule has 0 aliphatic carbocycles. The van der Waals surface area contributed by atoms with Crippen LogP contribution in [0, 0.1) is 8.83 Å². The van der Waals surface area contributed by atoms with E-state index < -0.39 is 0 Å². The molecule has 72 valence electrons. The molecule has 14 heavy (non-hydrogen) atoms. The number of hydrogen-bond acceptors (Lipinski definition) is 3. The molecule has 0 N–H and O–H groups in total. The summed E-state index contributed by atoms with van der Waals surface area (Å²) in [7, 11) is 0. The molecule has 0 bridgehead atoms. The van der Waals surface area contributed by atoms with Gasteiger partial charge in [-0.3, -0.25) is 0 Å². The third-order valence-electron chi connectivity index (χ3n) is 1.56. The summed E-state index contributed by atoms with van der Waals surface area (Å²) in [5, 5.41) is 8.62. The number of hydrogen-bond donors (Lipinski definition) is 0. The molecule has 0 saturated carbocycles. The van der Waals surface area contributed by atoms with Crippen LogP contribution in [0.2, 0.25) is 5.02 Å². The predicted molar refractivity (Wildman–Crippen MR) is 63.0 cm³/mol. The smallest absolute Gasteiger partial charge is 0.178 e. The minimum Gasteiger partial charge on any atom is -0.206 e. The van der Waals surface area contributed by atoms with E-state index in [1.165, 1.54) is 17.4 Å². The van der Waals surface area contributed by atoms with Crippen molar-refractivity contribution in [3.05, 3.63) is 32.1 Å². The van der Waals surface area contributed by atoms with Gasteiger partial charge in [0.2, 0.25) is 0 Å². The van der Waals surface area contributed by atoms with Crippen LogP contribution in [0.15, 0.2) is 18.2 Å². The average Bonchev–Trinajstić information content (AvgIpc) is 2.51. The third kappa shape index (κ3) is 2.04. The highest BCUT2D eigenvalue weighted by Gasteiger charge is 2.10. The zero-order valence-electron chi connectivity index (χ0n) is 6.67. The fourth-order valence-electron chi connectivity index (χ4n) is 0.977. The lowest BCUT2D eigenvalue weighted by atomic mass is 10.2. The van der Waals surface area contributed by atoms with Gasteiger partial charge in [-0.2, -0.15) is 0 Å². The molecule has 1 heterocycles. The second kappa shape index (κ2) is 4.08. The van der Waals surface area contributed by atoms with Crippen LogP contribution in [0.4, 0.5) is 4.39 Å². The first-order chi connectivity index (χ1) is 6.66. The van der Waals surface area contributed by atoms with Crippen LogP contribution < -0.4 is 0 Å². The van der Waals surface area contributed by atoms with Crippen LogP contribution in [0.3, 0.4) is 0 Å². The second-order valence-electron chi connectivity index (χ2n) is 2.48. The van der Waals surface area contributed by atoms with Gasteiger partial charge in [0.1, 0.15) is 5.82 Å². The molecule has 0 saturated heterocycles. The molecule has 1 aromatic carbocycles. The first kappa shape index (κ1) is 10.3. The second-order valence-corrected chi connectivity index (χ2v) is 5.65. The fourth-order valence-corrected chi connectivity index (χ4v) is 2.47. The first-order valence-electron chi connectivity index (χ1n) is 3.61. The largest absolute Gasteiger partial charge is 0.206 e. The maximum Gasteiger partial charge on any atom is 0.178 e. The van der Waals surface area contributed by atoms with E-state index in [1.54, 1.807) is 12.1 Å². The molecule has 6 heteroatoms. The summed E-state index contributed by atoms with van der Waals surface area (Å²) in [6, 6.07) is 4.51. The van der Waals surface area contributed by atoms with Gasteiger partial charge < -0.3 is 0 Å².